The number of hydrogen-bond donors (Lipinski definition) is 1. The highest BCUT2D eigenvalue weighted by Gasteiger charge is 2.04. The standard InChI is InChI=1S/C8H6N2O2/c11-5-6-4-7(10-9-6)8-2-1-3-12-8/h1-5H,(H,9,10). The van der Waals surface area contributed by atoms with Crippen LogP contribution in [0.4, 0.5) is 0 Å². The molecule has 1 N–H and O–H groups in total. The number of carbonyl (C=O) groups excluding carboxylic acids is 1. The highest BCUT2D eigenvalue weighted by molar-refractivity contribution is 5.74. The number of furan rings is 1. The van der Waals surface area contributed by atoms with Gasteiger partial charge in [-0.2, -0.15) is 5.10 Å². The summed E-state index contributed by atoms with van der Waals surface area (Å²) in [7, 11) is 0. The van der Waals surface area contributed by atoms with Crippen LogP contribution in [0.25, 0.3) is 11.5 Å². The first-order valence-corrected chi connectivity index (χ1v) is 3.44. The molecule has 60 valence electrons. The lowest BCUT2D eigenvalue weighted by Gasteiger charge is -1.83. The summed E-state index contributed by atoms with van der Waals surface area (Å²) in [5.41, 5.74) is 1.09. The fourth-order valence-corrected chi connectivity index (χ4v) is 0.948. The van der Waals surface area contributed by atoms with Crippen LogP contribution in [0.15, 0.2) is 28.9 Å². The minimum atomic E-state index is 0.446. The smallest absolute Gasteiger partial charge is 0.167 e. The minimum Gasteiger partial charge on any atom is -0.463 e. The Morgan fingerprint density at radius 3 is 3.08 bits per heavy atom. The van der Waals surface area contributed by atoms with E-state index in [1.165, 1.54) is 0 Å². The molecule has 0 aliphatic heterocycles. The largest absolute Gasteiger partial charge is 0.463 e. The molecule has 0 unspecified atom stereocenters. The van der Waals surface area contributed by atoms with Crippen molar-refractivity contribution in [3.63, 3.8) is 0 Å². The van der Waals surface area contributed by atoms with Gasteiger partial charge in [0.1, 0.15) is 5.69 Å². The van der Waals surface area contributed by atoms with E-state index in [1.54, 1.807) is 24.5 Å². The maximum atomic E-state index is 10.3. The molecule has 2 rings (SSSR count). The van der Waals surface area contributed by atoms with Gasteiger partial charge in [0.05, 0.1) is 12.0 Å². The summed E-state index contributed by atoms with van der Waals surface area (Å²) in [5.74, 6) is 0.652. The lowest BCUT2D eigenvalue weighted by atomic mass is 10.3. The maximum Gasteiger partial charge on any atom is 0.167 e. The van der Waals surface area contributed by atoms with Crippen molar-refractivity contribution in [2.75, 3.05) is 0 Å². The summed E-state index contributed by atoms with van der Waals surface area (Å²) in [6.45, 7) is 0. The zero-order valence-electron chi connectivity index (χ0n) is 6.15. The molecule has 0 spiro atoms. The minimum absolute atomic E-state index is 0.446. The van der Waals surface area contributed by atoms with Gasteiger partial charge in [0, 0.05) is 0 Å². The van der Waals surface area contributed by atoms with Crippen LogP contribution in [0.5, 0.6) is 0 Å². The van der Waals surface area contributed by atoms with Crippen LogP contribution >= 0.6 is 0 Å². The topological polar surface area (TPSA) is 58.9 Å². The van der Waals surface area contributed by atoms with E-state index in [4.69, 9.17) is 4.42 Å². The molecular weight excluding hydrogens is 156 g/mol. The lowest BCUT2D eigenvalue weighted by Crippen LogP contribution is -1.75. The summed E-state index contributed by atoms with van der Waals surface area (Å²) in [5, 5.41) is 6.45. The molecule has 0 amide bonds. The molecule has 4 nitrogen and oxygen atoms in total. The van der Waals surface area contributed by atoms with E-state index in [-0.39, 0.29) is 0 Å². The van der Waals surface area contributed by atoms with E-state index in [0.717, 1.165) is 0 Å². The predicted molar refractivity (Wildman–Crippen MR) is 41.7 cm³/mol. The number of rotatable bonds is 2. The first-order valence-electron chi connectivity index (χ1n) is 3.44. The number of nitrogens with one attached hydrogen (secondary N) is 1. The quantitative estimate of drug-likeness (QED) is 0.680. The molecule has 0 fully saturated rings. The van der Waals surface area contributed by atoms with Crippen LogP contribution in [-0.2, 0) is 0 Å². The third-order valence-corrected chi connectivity index (χ3v) is 1.50. The molecule has 2 heterocycles. The first-order chi connectivity index (χ1) is 5.90. The molecule has 4 heteroatoms. The van der Waals surface area contributed by atoms with E-state index in [0.29, 0.717) is 23.4 Å². The number of nitrogens with zero attached hydrogens (tertiary/aromatic N) is 1. The monoisotopic (exact) mass is 162 g/mol. The molecule has 0 saturated heterocycles. The Hall–Kier alpha value is -1.84. The van der Waals surface area contributed by atoms with Crippen molar-refractivity contribution in [1.29, 1.82) is 0 Å². The average molecular weight is 162 g/mol. The highest BCUT2D eigenvalue weighted by atomic mass is 16.3. The summed E-state index contributed by atoms with van der Waals surface area (Å²) < 4.78 is 5.08. The fourth-order valence-electron chi connectivity index (χ4n) is 0.948. The summed E-state index contributed by atoms with van der Waals surface area (Å²) in [4.78, 5) is 10.3. The number of hydrogen-bond acceptors (Lipinski definition) is 3. The number of aromatic nitrogens is 2. The number of aldehydes is 1. The van der Waals surface area contributed by atoms with E-state index < -0.39 is 0 Å². The Bertz CT molecular complexity index is 375. The number of aromatic amines is 1. The average Bonchev–Trinajstić information content (AvgIpc) is 2.75. The highest BCUT2D eigenvalue weighted by Crippen LogP contribution is 2.16. The first kappa shape index (κ1) is 6.84. The van der Waals surface area contributed by atoms with E-state index in [2.05, 4.69) is 10.2 Å². The van der Waals surface area contributed by atoms with Gasteiger partial charge in [0.15, 0.2) is 12.0 Å². The van der Waals surface area contributed by atoms with Crippen molar-refractivity contribution < 1.29 is 9.21 Å². The molecule has 0 aromatic carbocycles. The lowest BCUT2D eigenvalue weighted by molar-refractivity contribution is 0.111. The second-order valence-electron chi connectivity index (χ2n) is 2.30. The van der Waals surface area contributed by atoms with E-state index in [1.807, 2.05) is 0 Å². The van der Waals surface area contributed by atoms with Gasteiger partial charge in [0.25, 0.3) is 0 Å². The molecule has 2 aromatic heterocycles. The fraction of sp³-hybridized carbons (Fsp3) is 0. The summed E-state index contributed by atoms with van der Waals surface area (Å²) in [6.07, 6.45) is 2.27. The Morgan fingerprint density at radius 1 is 1.58 bits per heavy atom. The molecule has 0 aliphatic rings. The third kappa shape index (κ3) is 1.03. The SMILES string of the molecule is O=Cc1cc(-c2ccco2)n[nH]1. The molecule has 0 atom stereocenters. The van der Waals surface area contributed by atoms with Gasteiger partial charge >= 0.3 is 0 Å². The zero-order chi connectivity index (χ0) is 8.39. The number of carbonyl (C=O) groups is 1. The Morgan fingerprint density at radius 2 is 2.50 bits per heavy atom. The summed E-state index contributed by atoms with van der Waals surface area (Å²) >= 11 is 0. The predicted octanol–water partition coefficient (Wildman–Crippen LogP) is 1.48. The molecule has 0 saturated carbocycles. The molecule has 0 bridgehead atoms. The second kappa shape index (κ2) is 2.65. The van der Waals surface area contributed by atoms with Crippen molar-refractivity contribution in [2.24, 2.45) is 0 Å². The Balaban J connectivity index is 2.41. The van der Waals surface area contributed by atoms with Crippen molar-refractivity contribution >= 4 is 6.29 Å². The third-order valence-electron chi connectivity index (χ3n) is 1.50. The summed E-state index contributed by atoms with van der Waals surface area (Å²) in [6, 6.07) is 5.18. The Labute approximate surface area is 68.2 Å². The molecule has 0 radical (unpaired) electrons. The number of H-pyrrole nitrogens is 1. The van der Waals surface area contributed by atoms with Gasteiger partial charge < -0.3 is 4.42 Å². The van der Waals surface area contributed by atoms with E-state index >= 15 is 0 Å². The maximum absolute atomic E-state index is 10.3. The van der Waals surface area contributed by atoms with Crippen molar-refractivity contribution in [3.8, 4) is 11.5 Å². The van der Waals surface area contributed by atoms with Gasteiger partial charge in [-0.05, 0) is 18.2 Å². The van der Waals surface area contributed by atoms with Crippen molar-refractivity contribution in [2.45, 2.75) is 0 Å². The zero-order valence-corrected chi connectivity index (χ0v) is 6.15. The van der Waals surface area contributed by atoms with E-state index in [9.17, 15) is 4.79 Å². The van der Waals surface area contributed by atoms with Crippen LogP contribution in [0.2, 0.25) is 0 Å². The van der Waals surface area contributed by atoms with Crippen molar-refractivity contribution in [1.82, 2.24) is 10.2 Å². The molecular formula is C8H6N2O2. The van der Waals surface area contributed by atoms with Gasteiger partial charge in [-0.15, -0.1) is 0 Å². The van der Waals surface area contributed by atoms with Gasteiger partial charge in [0.2, 0.25) is 0 Å². The van der Waals surface area contributed by atoms with Crippen LogP contribution in [0.1, 0.15) is 10.5 Å². The molecule has 2 aromatic rings. The van der Waals surface area contributed by atoms with Crippen LogP contribution in [0, 0.1) is 0 Å². The molecule has 0 aliphatic carbocycles. The van der Waals surface area contributed by atoms with Crippen molar-refractivity contribution in [3.05, 3.63) is 30.2 Å². The van der Waals surface area contributed by atoms with Gasteiger partial charge in [-0.3, -0.25) is 9.89 Å². The Kier molecular flexibility index (Phi) is 1.51. The van der Waals surface area contributed by atoms with Crippen LogP contribution in [0.3, 0.4) is 0 Å². The van der Waals surface area contributed by atoms with Crippen LogP contribution in [-0.4, -0.2) is 16.5 Å². The molecule has 12 heavy (non-hydrogen) atoms. The van der Waals surface area contributed by atoms with Gasteiger partial charge in [-0.25, -0.2) is 0 Å². The second-order valence-corrected chi connectivity index (χ2v) is 2.30. The normalized spacial score (nSPS) is 10.0. The van der Waals surface area contributed by atoms with Crippen LogP contribution < -0.4 is 0 Å². The van der Waals surface area contributed by atoms with Gasteiger partial charge in [-0.1, -0.05) is 0 Å².